The van der Waals surface area contributed by atoms with E-state index in [0.717, 1.165) is 38.2 Å². The highest BCUT2D eigenvalue weighted by Gasteiger charge is 2.34. The number of hydrogen-bond donors (Lipinski definition) is 1. The average Bonchev–Trinajstić information content (AvgIpc) is 2.72. The fourth-order valence-corrected chi connectivity index (χ4v) is 4.60. The Labute approximate surface area is 174 Å². The average molecular weight is 426 g/mol. The van der Waals surface area contributed by atoms with Crippen LogP contribution in [0.5, 0.6) is 0 Å². The van der Waals surface area contributed by atoms with Crippen molar-refractivity contribution >= 4 is 11.9 Å². The summed E-state index contributed by atoms with van der Waals surface area (Å²) >= 11 is 0. The Morgan fingerprint density at radius 3 is 2.27 bits per heavy atom. The molecule has 8 heteroatoms. The van der Waals surface area contributed by atoms with Gasteiger partial charge in [-0.1, -0.05) is 6.42 Å². The summed E-state index contributed by atoms with van der Waals surface area (Å²) in [5, 5.41) is 9.26. The van der Waals surface area contributed by atoms with E-state index < -0.39 is 17.7 Å². The number of hydrogen-bond acceptors (Lipinski definition) is 3. The molecule has 0 radical (unpaired) electrons. The molecule has 2 atom stereocenters. The van der Waals surface area contributed by atoms with Gasteiger partial charge in [0.2, 0.25) is 0 Å². The highest BCUT2D eigenvalue weighted by Crippen LogP contribution is 2.32. The van der Waals surface area contributed by atoms with Crippen molar-refractivity contribution in [3.63, 3.8) is 0 Å². The Hall–Kier alpha value is -2.09. The highest BCUT2D eigenvalue weighted by molar-refractivity contribution is 5.94. The number of aliphatic carboxylic acids is 1. The maximum Gasteiger partial charge on any atom is 0.416 e. The maximum absolute atomic E-state index is 12.9. The van der Waals surface area contributed by atoms with E-state index in [4.69, 9.17) is 0 Å². The summed E-state index contributed by atoms with van der Waals surface area (Å²) in [6.45, 7) is 3.89. The molecule has 2 fully saturated rings. The molecule has 3 rings (SSSR count). The number of amides is 1. The number of alkyl halides is 3. The van der Waals surface area contributed by atoms with Crippen molar-refractivity contribution in [2.45, 2.75) is 44.7 Å². The summed E-state index contributed by atoms with van der Waals surface area (Å²) in [4.78, 5) is 28.2. The van der Waals surface area contributed by atoms with Crippen LogP contribution < -0.4 is 0 Å². The summed E-state index contributed by atoms with van der Waals surface area (Å²) < 4.78 is 38.3. The van der Waals surface area contributed by atoms with Crippen molar-refractivity contribution in [2.75, 3.05) is 32.7 Å². The molecule has 0 aliphatic carbocycles. The second-order valence-corrected chi connectivity index (χ2v) is 8.42. The molecule has 30 heavy (non-hydrogen) atoms. The van der Waals surface area contributed by atoms with E-state index in [2.05, 4.69) is 4.90 Å². The minimum atomic E-state index is -4.43. The van der Waals surface area contributed by atoms with Gasteiger partial charge in [0.15, 0.2) is 0 Å². The fourth-order valence-electron chi connectivity index (χ4n) is 4.60. The Bertz CT molecular complexity index is 730. The van der Waals surface area contributed by atoms with E-state index in [1.54, 1.807) is 4.90 Å². The molecule has 0 aromatic heterocycles. The summed E-state index contributed by atoms with van der Waals surface area (Å²) in [5.74, 6) is -1.02. The number of likely N-dealkylation sites (tertiary alicyclic amines) is 2. The zero-order chi connectivity index (χ0) is 21.7. The lowest BCUT2D eigenvalue weighted by Gasteiger charge is -2.39. The first kappa shape index (κ1) is 22.6. The molecule has 2 unspecified atom stereocenters. The second kappa shape index (κ2) is 9.81. The summed E-state index contributed by atoms with van der Waals surface area (Å²) in [6.07, 6.45) is 0.696. The highest BCUT2D eigenvalue weighted by atomic mass is 19.4. The van der Waals surface area contributed by atoms with Crippen LogP contribution in [0.4, 0.5) is 13.2 Å². The van der Waals surface area contributed by atoms with Crippen LogP contribution in [-0.2, 0) is 11.0 Å². The fraction of sp³-hybridized carbons (Fsp3) is 0.636. The van der Waals surface area contributed by atoms with Crippen molar-refractivity contribution in [2.24, 2.45) is 11.8 Å². The Morgan fingerprint density at radius 1 is 1.00 bits per heavy atom. The van der Waals surface area contributed by atoms with Crippen molar-refractivity contribution in [3.8, 4) is 0 Å². The summed E-state index contributed by atoms with van der Waals surface area (Å²) in [7, 11) is 0. The molecule has 2 aliphatic rings. The largest absolute Gasteiger partial charge is 0.481 e. The van der Waals surface area contributed by atoms with Gasteiger partial charge < -0.3 is 14.9 Å². The molecular weight excluding hydrogens is 397 g/mol. The first-order valence-corrected chi connectivity index (χ1v) is 10.6. The monoisotopic (exact) mass is 426 g/mol. The first-order chi connectivity index (χ1) is 14.2. The van der Waals surface area contributed by atoms with Gasteiger partial charge in [-0.2, -0.15) is 13.2 Å². The standard InChI is InChI=1S/C22H29F3N2O3/c23-22(24,25)19-6-4-16(5-7-19)21(30)27-13-9-17(14-20(28)29)18(15-27)8-12-26-10-2-1-3-11-26/h4-7,17-18H,1-3,8-15H2,(H,28,29). The number of halogens is 3. The minimum Gasteiger partial charge on any atom is -0.481 e. The molecule has 2 aliphatic heterocycles. The van der Waals surface area contributed by atoms with Gasteiger partial charge in [0.25, 0.3) is 5.91 Å². The van der Waals surface area contributed by atoms with E-state index in [1.165, 1.54) is 31.4 Å². The number of piperidine rings is 2. The molecule has 1 aromatic carbocycles. The third kappa shape index (κ3) is 5.97. The van der Waals surface area contributed by atoms with Crippen LogP contribution in [0.3, 0.4) is 0 Å². The van der Waals surface area contributed by atoms with Crippen LogP contribution in [0.2, 0.25) is 0 Å². The van der Waals surface area contributed by atoms with Gasteiger partial charge in [0, 0.05) is 25.1 Å². The molecule has 0 saturated carbocycles. The molecule has 5 nitrogen and oxygen atoms in total. The third-order valence-electron chi connectivity index (χ3n) is 6.34. The van der Waals surface area contributed by atoms with Crippen molar-refractivity contribution < 1.29 is 27.9 Å². The molecule has 2 heterocycles. The van der Waals surface area contributed by atoms with Crippen LogP contribution in [0.15, 0.2) is 24.3 Å². The van der Waals surface area contributed by atoms with Crippen LogP contribution in [-0.4, -0.2) is 59.5 Å². The smallest absolute Gasteiger partial charge is 0.416 e. The van der Waals surface area contributed by atoms with E-state index in [0.29, 0.717) is 19.5 Å². The lowest BCUT2D eigenvalue weighted by molar-refractivity contribution is -0.139. The van der Waals surface area contributed by atoms with Crippen LogP contribution >= 0.6 is 0 Å². The van der Waals surface area contributed by atoms with E-state index in [1.807, 2.05) is 0 Å². The van der Waals surface area contributed by atoms with Gasteiger partial charge in [0.1, 0.15) is 0 Å². The number of carboxylic acid groups (broad SMARTS) is 1. The Balaban J connectivity index is 1.65. The van der Waals surface area contributed by atoms with Crippen molar-refractivity contribution in [1.29, 1.82) is 0 Å². The predicted molar refractivity (Wildman–Crippen MR) is 106 cm³/mol. The molecule has 166 valence electrons. The lowest BCUT2D eigenvalue weighted by atomic mass is 9.80. The molecule has 1 N–H and O–H groups in total. The van der Waals surface area contributed by atoms with Crippen LogP contribution in [0.1, 0.15) is 54.4 Å². The topological polar surface area (TPSA) is 60.9 Å². The zero-order valence-electron chi connectivity index (χ0n) is 17.0. The van der Waals surface area contributed by atoms with Gasteiger partial charge in [-0.25, -0.2) is 0 Å². The first-order valence-electron chi connectivity index (χ1n) is 10.6. The SMILES string of the molecule is O=C(O)CC1CCN(C(=O)c2ccc(C(F)(F)F)cc2)CC1CCN1CCCCC1. The quantitative estimate of drug-likeness (QED) is 0.743. The number of carbonyl (C=O) groups is 2. The van der Waals surface area contributed by atoms with Crippen molar-refractivity contribution in [3.05, 3.63) is 35.4 Å². The number of carbonyl (C=O) groups excluding carboxylic acids is 1. The summed E-state index contributed by atoms with van der Waals surface area (Å²) in [6, 6.07) is 4.30. The second-order valence-electron chi connectivity index (χ2n) is 8.42. The normalized spacial score (nSPS) is 23.4. The van der Waals surface area contributed by atoms with Gasteiger partial charge in [-0.3, -0.25) is 9.59 Å². The van der Waals surface area contributed by atoms with E-state index >= 15 is 0 Å². The minimum absolute atomic E-state index is 0.0175. The van der Waals surface area contributed by atoms with Gasteiger partial charge in [0.05, 0.1) is 5.56 Å². The lowest BCUT2D eigenvalue weighted by Crippen LogP contribution is -2.45. The molecular formula is C22H29F3N2O3. The van der Waals surface area contributed by atoms with Gasteiger partial charge in [-0.05, 0) is 81.4 Å². The predicted octanol–water partition coefficient (Wildman–Crippen LogP) is 4.13. The molecule has 2 saturated heterocycles. The van der Waals surface area contributed by atoms with E-state index in [9.17, 15) is 27.9 Å². The number of rotatable bonds is 6. The molecule has 0 bridgehead atoms. The van der Waals surface area contributed by atoms with Gasteiger partial charge >= 0.3 is 12.1 Å². The Kier molecular flexibility index (Phi) is 7.39. The van der Waals surface area contributed by atoms with Gasteiger partial charge in [-0.15, -0.1) is 0 Å². The molecule has 1 amide bonds. The van der Waals surface area contributed by atoms with E-state index in [-0.39, 0.29) is 29.7 Å². The number of carboxylic acids is 1. The van der Waals surface area contributed by atoms with Crippen LogP contribution in [0.25, 0.3) is 0 Å². The molecule has 0 spiro atoms. The van der Waals surface area contributed by atoms with Crippen LogP contribution in [0, 0.1) is 11.8 Å². The number of benzene rings is 1. The van der Waals surface area contributed by atoms with Crippen molar-refractivity contribution in [1.82, 2.24) is 9.80 Å². The molecule has 1 aromatic rings. The Morgan fingerprint density at radius 2 is 1.67 bits per heavy atom. The maximum atomic E-state index is 12.9. The number of nitrogens with zero attached hydrogens (tertiary/aromatic N) is 2. The summed E-state index contributed by atoms with van der Waals surface area (Å²) in [5.41, 5.74) is -0.548. The zero-order valence-corrected chi connectivity index (χ0v) is 17.0. The third-order valence-corrected chi connectivity index (χ3v) is 6.34.